The minimum Gasteiger partial charge on any atom is -0.340 e. The first-order valence-electron chi connectivity index (χ1n) is 8.34. The second kappa shape index (κ2) is 6.75. The molecule has 0 aliphatic rings. The molecular weight excluding hydrogens is 306 g/mol. The van der Waals surface area contributed by atoms with Crippen LogP contribution >= 0.6 is 0 Å². The monoisotopic (exact) mass is 325 g/mol. The van der Waals surface area contributed by atoms with Crippen molar-refractivity contribution in [2.75, 3.05) is 5.32 Å². The summed E-state index contributed by atoms with van der Waals surface area (Å²) in [6, 6.07) is 26.9. The topological polar surface area (TPSA) is 50.9 Å². The molecule has 3 nitrogen and oxygen atoms in total. The van der Waals surface area contributed by atoms with Crippen LogP contribution in [-0.4, -0.2) is 4.98 Å². The Labute approximate surface area is 147 Å². The molecular formula is C22H19N3. The summed E-state index contributed by atoms with van der Waals surface area (Å²) in [4.78, 5) is 4.55. The Morgan fingerprint density at radius 2 is 1.64 bits per heavy atom. The van der Waals surface area contributed by atoms with Gasteiger partial charge in [0.1, 0.15) is 5.82 Å². The first-order chi connectivity index (χ1) is 12.3. The molecule has 0 atom stereocenters. The molecule has 0 spiro atoms. The van der Waals surface area contributed by atoms with Gasteiger partial charge in [-0.2, -0.15) is 0 Å². The Bertz CT molecular complexity index is 1010. The van der Waals surface area contributed by atoms with Gasteiger partial charge in [-0.1, -0.05) is 60.7 Å². The Kier molecular flexibility index (Phi) is 4.15. The molecule has 4 aromatic rings. The standard InChI is InChI=1S/C22H19N3/c23-15-16-6-4-9-18(14-16)25-22-21-11-5-10-19(20(21)12-13-24-22)17-7-2-1-3-8-17/h1-14H,15,23H2,(H,24,25). The zero-order valence-corrected chi connectivity index (χ0v) is 13.8. The van der Waals surface area contributed by atoms with E-state index in [1.807, 2.05) is 30.5 Å². The lowest BCUT2D eigenvalue weighted by atomic mass is 9.99. The predicted octanol–water partition coefficient (Wildman–Crippen LogP) is 5.10. The zero-order chi connectivity index (χ0) is 17.1. The quantitative estimate of drug-likeness (QED) is 0.548. The van der Waals surface area contributed by atoms with Crippen LogP contribution in [0.1, 0.15) is 5.56 Å². The maximum Gasteiger partial charge on any atom is 0.138 e. The van der Waals surface area contributed by atoms with Crippen LogP contribution in [0.3, 0.4) is 0 Å². The first-order valence-corrected chi connectivity index (χ1v) is 8.34. The fourth-order valence-corrected chi connectivity index (χ4v) is 3.09. The van der Waals surface area contributed by atoms with E-state index in [1.54, 1.807) is 0 Å². The van der Waals surface area contributed by atoms with E-state index >= 15 is 0 Å². The summed E-state index contributed by atoms with van der Waals surface area (Å²) in [6.07, 6.45) is 1.85. The number of aromatic nitrogens is 1. The summed E-state index contributed by atoms with van der Waals surface area (Å²) in [5.74, 6) is 0.851. The third kappa shape index (κ3) is 3.10. The molecule has 122 valence electrons. The van der Waals surface area contributed by atoms with Gasteiger partial charge in [0.15, 0.2) is 0 Å². The lowest BCUT2D eigenvalue weighted by Gasteiger charge is -2.12. The highest BCUT2D eigenvalue weighted by molar-refractivity contribution is 6.02. The van der Waals surface area contributed by atoms with Gasteiger partial charge in [-0.25, -0.2) is 4.98 Å². The summed E-state index contributed by atoms with van der Waals surface area (Å²) < 4.78 is 0. The molecule has 25 heavy (non-hydrogen) atoms. The highest BCUT2D eigenvalue weighted by Gasteiger charge is 2.08. The van der Waals surface area contributed by atoms with Crippen molar-refractivity contribution in [1.29, 1.82) is 0 Å². The van der Waals surface area contributed by atoms with Gasteiger partial charge in [0.05, 0.1) is 0 Å². The van der Waals surface area contributed by atoms with E-state index in [-0.39, 0.29) is 0 Å². The van der Waals surface area contributed by atoms with Gasteiger partial charge < -0.3 is 11.1 Å². The number of nitrogens with one attached hydrogen (secondary N) is 1. The molecule has 0 radical (unpaired) electrons. The zero-order valence-electron chi connectivity index (χ0n) is 13.8. The van der Waals surface area contributed by atoms with Gasteiger partial charge in [-0.15, -0.1) is 0 Å². The molecule has 0 bridgehead atoms. The number of nitrogens with two attached hydrogens (primary N) is 1. The van der Waals surface area contributed by atoms with Gasteiger partial charge in [0.2, 0.25) is 0 Å². The normalized spacial score (nSPS) is 10.8. The Hall–Kier alpha value is -3.17. The molecule has 0 unspecified atom stereocenters. The fraction of sp³-hybridized carbons (Fsp3) is 0.0455. The largest absolute Gasteiger partial charge is 0.340 e. The summed E-state index contributed by atoms with van der Waals surface area (Å²) in [5.41, 5.74) is 10.2. The maximum atomic E-state index is 5.74. The number of anilines is 2. The molecule has 3 heteroatoms. The van der Waals surface area contributed by atoms with Gasteiger partial charge in [0.25, 0.3) is 0 Å². The van der Waals surface area contributed by atoms with E-state index in [9.17, 15) is 0 Å². The fourth-order valence-electron chi connectivity index (χ4n) is 3.09. The van der Waals surface area contributed by atoms with Crippen molar-refractivity contribution in [2.45, 2.75) is 6.54 Å². The van der Waals surface area contributed by atoms with Crippen LogP contribution in [0, 0.1) is 0 Å². The molecule has 0 aliphatic heterocycles. The van der Waals surface area contributed by atoms with Crippen molar-refractivity contribution in [3.63, 3.8) is 0 Å². The molecule has 1 aromatic heterocycles. The van der Waals surface area contributed by atoms with Crippen molar-refractivity contribution in [3.05, 3.63) is 90.6 Å². The summed E-state index contributed by atoms with van der Waals surface area (Å²) in [7, 11) is 0. The van der Waals surface area contributed by atoms with Gasteiger partial charge in [0, 0.05) is 23.8 Å². The average molecular weight is 325 g/mol. The van der Waals surface area contributed by atoms with Crippen LogP contribution in [0.4, 0.5) is 11.5 Å². The van der Waals surface area contributed by atoms with E-state index in [1.165, 1.54) is 16.5 Å². The molecule has 3 N–H and O–H groups in total. The summed E-state index contributed by atoms with van der Waals surface area (Å²) in [6.45, 7) is 0.524. The Balaban J connectivity index is 1.80. The number of pyridine rings is 1. The molecule has 0 fully saturated rings. The van der Waals surface area contributed by atoms with E-state index in [0.29, 0.717) is 6.54 Å². The third-order valence-electron chi connectivity index (χ3n) is 4.32. The second-order valence-corrected chi connectivity index (χ2v) is 5.96. The van der Waals surface area contributed by atoms with Crippen LogP contribution in [0.5, 0.6) is 0 Å². The molecule has 0 saturated carbocycles. The van der Waals surface area contributed by atoms with Crippen LogP contribution in [0.2, 0.25) is 0 Å². The average Bonchev–Trinajstić information content (AvgIpc) is 2.69. The number of hydrogen-bond acceptors (Lipinski definition) is 3. The number of benzene rings is 3. The van der Waals surface area contributed by atoms with Crippen LogP contribution < -0.4 is 11.1 Å². The molecule has 0 saturated heterocycles. The van der Waals surface area contributed by atoms with E-state index in [4.69, 9.17) is 5.73 Å². The van der Waals surface area contributed by atoms with Crippen molar-refractivity contribution >= 4 is 22.3 Å². The van der Waals surface area contributed by atoms with Crippen molar-refractivity contribution in [3.8, 4) is 11.1 Å². The number of nitrogens with zero attached hydrogens (tertiary/aromatic N) is 1. The molecule has 0 amide bonds. The molecule has 3 aromatic carbocycles. The minimum atomic E-state index is 0.524. The number of hydrogen-bond donors (Lipinski definition) is 2. The minimum absolute atomic E-state index is 0.524. The number of fused-ring (bicyclic) bond motifs is 1. The van der Waals surface area contributed by atoms with Crippen molar-refractivity contribution < 1.29 is 0 Å². The molecule has 4 rings (SSSR count). The highest BCUT2D eigenvalue weighted by atomic mass is 15.0. The van der Waals surface area contributed by atoms with Crippen molar-refractivity contribution in [2.24, 2.45) is 5.73 Å². The Morgan fingerprint density at radius 1 is 0.800 bits per heavy atom. The second-order valence-electron chi connectivity index (χ2n) is 5.96. The van der Waals surface area contributed by atoms with Crippen LogP contribution in [0.15, 0.2) is 85.1 Å². The maximum absolute atomic E-state index is 5.74. The van der Waals surface area contributed by atoms with E-state index in [0.717, 1.165) is 22.5 Å². The number of rotatable bonds is 4. The van der Waals surface area contributed by atoms with Gasteiger partial charge >= 0.3 is 0 Å². The summed E-state index contributed by atoms with van der Waals surface area (Å²) in [5, 5.41) is 5.71. The van der Waals surface area contributed by atoms with Gasteiger partial charge in [-0.05, 0) is 40.3 Å². The van der Waals surface area contributed by atoms with E-state index < -0.39 is 0 Å². The van der Waals surface area contributed by atoms with Crippen LogP contribution in [0.25, 0.3) is 21.9 Å². The highest BCUT2D eigenvalue weighted by Crippen LogP contribution is 2.32. The molecule has 1 heterocycles. The third-order valence-corrected chi connectivity index (χ3v) is 4.32. The van der Waals surface area contributed by atoms with Crippen LogP contribution in [-0.2, 0) is 6.54 Å². The first kappa shape index (κ1) is 15.4. The SMILES string of the molecule is NCc1cccc(Nc2nccc3c(-c4ccccc4)cccc23)c1. The van der Waals surface area contributed by atoms with E-state index in [2.05, 4.69) is 64.9 Å². The lowest BCUT2D eigenvalue weighted by Crippen LogP contribution is -1.99. The predicted molar refractivity (Wildman–Crippen MR) is 105 cm³/mol. The smallest absolute Gasteiger partial charge is 0.138 e. The summed E-state index contributed by atoms with van der Waals surface area (Å²) >= 11 is 0. The van der Waals surface area contributed by atoms with Crippen molar-refractivity contribution in [1.82, 2.24) is 4.98 Å². The Morgan fingerprint density at radius 3 is 2.48 bits per heavy atom. The lowest BCUT2D eigenvalue weighted by molar-refractivity contribution is 1.07. The molecule has 0 aliphatic carbocycles. The van der Waals surface area contributed by atoms with Gasteiger partial charge in [-0.3, -0.25) is 0 Å².